The first-order valence-corrected chi connectivity index (χ1v) is 4.42. The Labute approximate surface area is 70.6 Å². The molecule has 0 aliphatic rings. The van der Waals surface area contributed by atoms with E-state index in [4.69, 9.17) is 0 Å². The number of nitrogens with zero attached hydrogens (tertiary/aromatic N) is 1. The molecular weight excluding hydrogens is 158 g/mol. The Morgan fingerprint density at radius 2 is 2.45 bits per heavy atom. The first-order valence-electron chi connectivity index (χ1n) is 3.43. The minimum atomic E-state index is 0.172. The summed E-state index contributed by atoms with van der Waals surface area (Å²) in [6, 6.07) is 4.01. The summed E-state index contributed by atoms with van der Waals surface area (Å²) < 4.78 is 2.02. The highest BCUT2D eigenvalue weighted by Gasteiger charge is 1.98. The second-order valence-corrected chi connectivity index (χ2v) is 3.54. The van der Waals surface area contributed by atoms with Crippen molar-refractivity contribution in [2.75, 3.05) is 0 Å². The molecule has 60 valence electrons. The van der Waals surface area contributed by atoms with Crippen molar-refractivity contribution < 1.29 is 4.79 Å². The quantitative estimate of drug-likeness (QED) is 0.673. The molecule has 0 bridgehead atoms. The van der Waals surface area contributed by atoms with E-state index in [0.717, 1.165) is 5.75 Å². The van der Waals surface area contributed by atoms with E-state index in [1.54, 1.807) is 6.92 Å². The van der Waals surface area contributed by atoms with Crippen LogP contribution >= 0.6 is 11.8 Å². The van der Waals surface area contributed by atoms with E-state index in [0.29, 0.717) is 0 Å². The van der Waals surface area contributed by atoms with Gasteiger partial charge >= 0.3 is 0 Å². The van der Waals surface area contributed by atoms with Gasteiger partial charge in [-0.15, -0.1) is 0 Å². The first kappa shape index (κ1) is 8.40. The molecule has 1 aromatic heterocycles. The van der Waals surface area contributed by atoms with Crippen LogP contribution in [-0.2, 0) is 17.6 Å². The largest absolute Gasteiger partial charge is 0.354 e. The maximum atomic E-state index is 10.6. The van der Waals surface area contributed by atoms with Crippen molar-refractivity contribution in [2.24, 2.45) is 7.05 Å². The molecule has 3 heteroatoms. The van der Waals surface area contributed by atoms with Crippen LogP contribution in [0.2, 0.25) is 0 Å². The zero-order valence-electron chi connectivity index (χ0n) is 6.70. The molecule has 0 aromatic carbocycles. The molecule has 0 saturated heterocycles. The topological polar surface area (TPSA) is 22.0 Å². The molecule has 11 heavy (non-hydrogen) atoms. The van der Waals surface area contributed by atoms with Crippen LogP contribution in [0.15, 0.2) is 18.3 Å². The highest BCUT2D eigenvalue weighted by atomic mass is 32.2. The molecule has 0 N–H and O–H groups in total. The van der Waals surface area contributed by atoms with Gasteiger partial charge in [0.25, 0.3) is 0 Å². The lowest BCUT2D eigenvalue weighted by Crippen LogP contribution is -1.93. The summed E-state index contributed by atoms with van der Waals surface area (Å²) in [5, 5.41) is 0.172. The maximum absolute atomic E-state index is 10.6. The van der Waals surface area contributed by atoms with Crippen molar-refractivity contribution in [3.63, 3.8) is 0 Å². The molecule has 0 unspecified atom stereocenters. The molecule has 0 fully saturated rings. The lowest BCUT2D eigenvalue weighted by Gasteiger charge is -1.99. The minimum absolute atomic E-state index is 0.172. The van der Waals surface area contributed by atoms with Crippen LogP contribution in [0.4, 0.5) is 0 Å². The zero-order chi connectivity index (χ0) is 8.27. The van der Waals surface area contributed by atoms with Crippen molar-refractivity contribution >= 4 is 16.9 Å². The van der Waals surface area contributed by atoms with Gasteiger partial charge in [-0.2, -0.15) is 0 Å². The zero-order valence-corrected chi connectivity index (χ0v) is 7.52. The van der Waals surface area contributed by atoms with Gasteiger partial charge in [-0.3, -0.25) is 4.79 Å². The smallest absolute Gasteiger partial charge is 0.186 e. The molecule has 0 saturated carbocycles. The van der Waals surface area contributed by atoms with Gasteiger partial charge in [0.1, 0.15) is 0 Å². The molecule has 1 heterocycles. The van der Waals surface area contributed by atoms with Crippen LogP contribution in [0.3, 0.4) is 0 Å². The third-order valence-electron chi connectivity index (χ3n) is 1.47. The van der Waals surface area contributed by atoms with Gasteiger partial charge in [0, 0.05) is 31.6 Å². The third kappa shape index (κ3) is 2.42. The molecule has 1 aromatic rings. The Kier molecular flexibility index (Phi) is 2.76. The highest BCUT2D eigenvalue weighted by molar-refractivity contribution is 8.12. The van der Waals surface area contributed by atoms with Gasteiger partial charge in [-0.25, -0.2) is 0 Å². The Balaban J connectivity index is 2.51. The van der Waals surface area contributed by atoms with Crippen LogP contribution in [0, 0.1) is 0 Å². The van der Waals surface area contributed by atoms with Gasteiger partial charge in [-0.05, 0) is 12.1 Å². The van der Waals surface area contributed by atoms with E-state index >= 15 is 0 Å². The predicted octanol–water partition coefficient (Wildman–Crippen LogP) is 1.80. The van der Waals surface area contributed by atoms with E-state index in [-0.39, 0.29) is 5.12 Å². The molecule has 0 radical (unpaired) electrons. The molecule has 0 aliphatic carbocycles. The number of hydrogen-bond donors (Lipinski definition) is 0. The van der Waals surface area contributed by atoms with Crippen molar-refractivity contribution in [3.8, 4) is 0 Å². The third-order valence-corrected chi connectivity index (χ3v) is 2.32. The summed E-state index contributed by atoms with van der Waals surface area (Å²) in [7, 11) is 1.98. The Morgan fingerprint density at radius 3 is 2.91 bits per heavy atom. The lowest BCUT2D eigenvalue weighted by atomic mass is 10.5. The second kappa shape index (κ2) is 3.62. The van der Waals surface area contributed by atoms with Crippen LogP contribution in [0.5, 0.6) is 0 Å². The number of aryl methyl sites for hydroxylation is 1. The van der Waals surface area contributed by atoms with Gasteiger partial charge < -0.3 is 4.57 Å². The predicted molar refractivity (Wildman–Crippen MR) is 47.4 cm³/mol. The summed E-state index contributed by atoms with van der Waals surface area (Å²) in [6.45, 7) is 1.59. The van der Waals surface area contributed by atoms with Crippen LogP contribution in [-0.4, -0.2) is 9.68 Å². The molecule has 0 spiro atoms. The summed E-state index contributed by atoms with van der Waals surface area (Å²) >= 11 is 1.34. The number of carbonyl (C=O) groups is 1. The summed E-state index contributed by atoms with van der Waals surface area (Å²) in [5.74, 6) is 0.777. The second-order valence-electron chi connectivity index (χ2n) is 2.39. The maximum Gasteiger partial charge on any atom is 0.186 e. The fraction of sp³-hybridized carbons (Fsp3) is 0.375. The summed E-state index contributed by atoms with van der Waals surface area (Å²) in [5.41, 5.74) is 1.19. The lowest BCUT2D eigenvalue weighted by molar-refractivity contribution is -0.109. The minimum Gasteiger partial charge on any atom is -0.354 e. The van der Waals surface area contributed by atoms with Crippen LogP contribution in [0.25, 0.3) is 0 Å². The van der Waals surface area contributed by atoms with Gasteiger partial charge in [0.15, 0.2) is 5.12 Å². The SMILES string of the molecule is CC(=O)SCc1cccn1C. The van der Waals surface area contributed by atoms with Crippen molar-refractivity contribution in [1.82, 2.24) is 4.57 Å². The molecule has 0 atom stereocenters. The van der Waals surface area contributed by atoms with Crippen molar-refractivity contribution in [1.29, 1.82) is 0 Å². The molecule has 0 amide bonds. The number of hydrogen-bond acceptors (Lipinski definition) is 2. The van der Waals surface area contributed by atoms with Gasteiger partial charge in [0.2, 0.25) is 0 Å². The van der Waals surface area contributed by atoms with E-state index in [1.807, 2.05) is 29.9 Å². The number of aromatic nitrogens is 1. The number of carbonyl (C=O) groups excluding carboxylic acids is 1. The summed E-state index contributed by atoms with van der Waals surface area (Å²) in [6.07, 6.45) is 1.98. The van der Waals surface area contributed by atoms with Crippen molar-refractivity contribution in [3.05, 3.63) is 24.0 Å². The first-order chi connectivity index (χ1) is 5.20. The average molecular weight is 169 g/mol. The normalized spacial score (nSPS) is 10.0. The molecular formula is C8H11NOS. The average Bonchev–Trinajstić information content (AvgIpc) is 2.31. The molecule has 2 nitrogen and oxygen atoms in total. The number of thioether (sulfide) groups is 1. The van der Waals surface area contributed by atoms with Crippen LogP contribution < -0.4 is 0 Å². The van der Waals surface area contributed by atoms with E-state index in [2.05, 4.69) is 0 Å². The highest BCUT2D eigenvalue weighted by Crippen LogP contribution is 2.11. The van der Waals surface area contributed by atoms with Gasteiger partial charge in [0.05, 0.1) is 0 Å². The fourth-order valence-corrected chi connectivity index (χ4v) is 1.47. The van der Waals surface area contributed by atoms with Crippen LogP contribution in [0.1, 0.15) is 12.6 Å². The standard InChI is InChI=1S/C8H11NOS/c1-7(10)11-6-8-4-3-5-9(8)2/h3-5H,6H2,1-2H3. The monoisotopic (exact) mass is 169 g/mol. The molecule has 1 rings (SSSR count). The number of rotatable bonds is 2. The Morgan fingerprint density at radius 1 is 1.73 bits per heavy atom. The van der Waals surface area contributed by atoms with E-state index in [9.17, 15) is 4.79 Å². The van der Waals surface area contributed by atoms with E-state index < -0.39 is 0 Å². The molecule has 0 aliphatic heterocycles. The van der Waals surface area contributed by atoms with Gasteiger partial charge in [-0.1, -0.05) is 11.8 Å². The Bertz CT molecular complexity index is 254. The fourth-order valence-electron chi connectivity index (χ4n) is 0.822. The Hall–Kier alpha value is -0.700. The van der Waals surface area contributed by atoms with E-state index in [1.165, 1.54) is 17.5 Å². The summed E-state index contributed by atoms with van der Waals surface area (Å²) in [4.78, 5) is 10.6. The van der Waals surface area contributed by atoms with Crippen molar-refractivity contribution in [2.45, 2.75) is 12.7 Å².